The van der Waals surface area contributed by atoms with Crippen LogP contribution in [-0.4, -0.2) is 71.8 Å². The summed E-state index contributed by atoms with van der Waals surface area (Å²) in [5.41, 5.74) is 5.32. The molecule has 2 fully saturated rings. The van der Waals surface area contributed by atoms with Crippen LogP contribution in [0.3, 0.4) is 0 Å². The molecule has 10 heteroatoms. The number of para-hydroxylation sites is 1. The molecule has 1 saturated heterocycles. The number of anilines is 3. The number of hydrogen-bond acceptors (Lipinski definition) is 7. The fourth-order valence-electron chi connectivity index (χ4n) is 5.70. The largest absolute Gasteiger partial charge is 0.448 e. The average Bonchev–Trinajstić information content (AvgIpc) is 3.57. The van der Waals surface area contributed by atoms with Crippen LogP contribution in [0.4, 0.5) is 17.1 Å². The van der Waals surface area contributed by atoms with Crippen LogP contribution >= 0.6 is 0 Å². The number of carbonyl (C=O) groups excluding carboxylic acids is 3. The summed E-state index contributed by atoms with van der Waals surface area (Å²) in [6.07, 6.45) is 6.48. The van der Waals surface area contributed by atoms with Gasteiger partial charge in [0.05, 0.1) is 11.4 Å². The van der Waals surface area contributed by atoms with Crippen molar-refractivity contribution in [2.45, 2.75) is 51.4 Å². The molecule has 3 amide bonds. The zero-order valence-corrected chi connectivity index (χ0v) is 24.1. The van der Waals surface area contributed by atoms with E-state index in [0.717, 1.165) is 55.6 Å². The van der Waals surface area contributed by atoms with Crippen molar-refractivity contribution in [3.63, 3.8) is 0 Å². The number of hydrogen-bond donors (Lipinski definition) is 3. The Morgan fingerprint density at radius 2 is 1.76 bits per heavy atom. The topological polar surface area (TPSA) is 120 Å². The first kappa shape index (κ1) is 27.8. The van der Waals surface area contributed by atoms with Gasteiger partial charge in [0.25, 0.3) is 11.8 Å². The molecule has 1 aliphatic carbocycles. The van der Waals surface area contributed by atoms with Crippen LogP contribution in [0, 0.1) is 6.92 Å². The number of nitrogens with zero attached hydrogens (tertiary/aromatic N) is 3. The lowest BCUT2D eigenvalue weighted by Gasteiger charge is -2.30. The van der Waals surface area contributed by atoms with Gasteiger partial charge in [-0.3, -0.25) is 14.4 Å². The minimum atomic E-state index is -0.373. The molecule has 1 saturated carbocycles. The van der Waals surface area contributed by atoms with Gasteiger partial charge in [-0.05, 0) is 68.4 Å². The fraction of sp³-hybridized carbons (Fsp3) is 0.438. The van der Waals surface area contributed by atoms with Crippen LogP contribution in [0.1, 0.15) is 75.9 Å². The average molecular weight is 571 g/mol. The first-order valence-electron chi connectivity index (χ1n) is 15.0. The summed E-state index contributed by atoms with van der Waals surface area (Å²) in [7, 11) is 0. The van der Waals surface area contributed by atoms with E-state index >= 15 is 0 Å². The highest BCUT2D eigenvalue weighted by Gasteiger charge is 2.30. The van der Waals surface area contributed by atoms with Crippen LogP contribution in [0.5, 0.6) is 0 Å². The molecule has 42 heavy (non-hydrogen) atoms. The number of oxazole rings is 1. The maximum Gasteiger partial charge on any atom is 0.277 e. The van der Waals surface area contributed by atoms with Gasteiger partial charge in [-0.2, -0.15) is 0 Å². The van der Waals surface area contributed by atoms with E-state index in [2.05, 4.69) is 33.9 Å². The molecule has 2 aromatic carbocycles. The third-order valence-corrected chi connectivity index (χ3v) is 8.27. The number of aryl methyl sites for hydroxylation is 1. The molecule has 1 aromatic heterocycles. The lowest BCUT2D eigenvalue weighted by molar-refractivity contribution is -0.127. The predicted molar refractivity (Wildman–Crippen MR) is 161 cm³/mol. The number of likely N-dealkylation sites (tertiary alicyclic amines) is 1. The van der Waals surface area contributed by atoms with E-state index in [-0.39, 0.29) is 23.4 Å². The molecule has 0 spiro atoms. The second-order valence-electron chi connectivity index (χ2n) is 11.4. The zero-order valence-electron chi connectivity index (χ0n) is 24.1. The quantitative estimate of drug-likeness (QED) is 0.271. The highest BCUT2D eigenvalue weighted by atomic mass is 16.3. The smallest absolute Gasteiger partial charge is 0.277 e. The van der Waals surface area contributed by atoms with Crippen LogP contribution in [0.2, 0.25) is 0 Å². The monoisotopic (exact) mass is 570 g/mol. The fourth-order valence-corrected chi connectivity index (χ4v) is 5.70. The van der Waals surface area contributed by atoms with Crippen LogP contribution < -0.4 is 16.0 Å². The van der Waals surface area contributed by atoms with Gasteiger partial charge < -0.3 is 30.2 Å². The Morgan fingerprint density at radius 3 is 2.52 bits per heavy atom. The Balaban J connectivity index is 1.16. The standard InChI is InChI=1S/C32H38N6O4/c1-21-6-2-3-7-25(21)33-12-13-34-26-18-23-11-17-38(16-5-15-37-14-4-8-29(37)39)32(41)24(23)19-27(26)35-30(40)28-20-42-31(36-28)22-9-10-22/h2-3,6-7,18-20,22,33-34H,4-5,8-17H2,1H3,(H,35,40). The highest BCUT2D eigenvalue weighted by molar-refractivity contribution is 6.06. The molecule has 0 radical (unpaired) electrons. The normalized spacial score (nSPS) is 16.5. The second-order valence-corrected chi connectivity index (χ2v) is 11.4. The Bertz CT molecular complexity index is 1480. The summed E-state index contributed by atoms with van der Waals surface area (Å²) < 4.78 is 5.53. The zero-order chi connectivity index (χ0) is 29.1. The van der Waals surface area contributed by atoms with Gasteiger partial charge in [-0.25, -0.2) is 4.98 Å². The van der Waals surface area contributed by atoms with Crippen LogP contribution in [0.15, 0.2) is 47.1 Å². The van der Waals surface area contributed by atoms with Gasteiger partial charge in [0.15, 0.2) is 11.6 Å². The highest BCUT2D eigenvalue weighted by Crippen LogP contribution is 2.39. The SMILES string of the molecule is Cc1ccccc1NCCNc1cc2c(cc1NC(=O)c1coc(C3CC3)n1)C(=O)N(CCCN1CCCC1=O)CC2. The minimum absolute atomic E-state index is 0.0512. The predicted octanol–water partition coefficient (Wildman–Crippen LogP) is 4.65. The van der Waals surface area contributed by atoms with Gasteiger partial charge in [0.1, 0.15) is 6.26 Å². The van der Waals surface area contributed by atoms with E-state index < -0.39 is 0 Å². The Labute approximate surface area is 245 Å². The number of nitrogens with one attached hydrogen (secondary N) is 3. The van der Waals surface area contributed by atoms with Crippen LogP contribution in [0.25, 0.3) is 0 Å². The second kappa shape index (κ2) is 12.3. The third kappa shape index (κ3) is 6.27. The number of carbonyl (C=O) groups is 3. The summed E-state index contributed by atoms with van der Waals surface area (Å²) >= 11 is 0. The van der Waals surface area contributed by atoms with Crippen molar-refractivity contribution in [3.05, 3.63) is 70.9 Å². The van der Waals surface area contributed by atoms with Crippen molar-refractivity contribution in [3.8, 4) is 0 Å². The number of benzene rings is 2. The van der Waals surface area contributed by atoms with Gasteiger partial charge >= 0.3 is 0 Å². The van der Waals surface area contributed by atoms with Crippen molar-refractivity contribution in [1.29, 1.82) is 0 Å². The molecule has 2 aliphatic heterocycles. The van der Waals surface area contributed by atoms with Gasteiger partial charge in [-0.1, -0.05) is 18.2 Å². The summed E-state index contributed by atoms with van der Waals surface area (Å²) in [4.78, 5) is 46.8. The number of aromatic nitrogens is 1. The van der Waals surface area contributed by atoms with E-state index in [9.17, 15) is 14.4 Å². The molecule has 0 atom stereocenters. The molecular weight excluding hydrogens is 532 g/mol. The number of fused-ring (bicyclic) bond motifs is 1. The van der Waals surface area contributed by atoms with E-state index in [1.807, 2.05) is 34.1 Å². The first-order chi connectivity index (χ1) is 20.5. The molecule has 0 unspecified atom stereocenters. The molecule has 6 rings (SSSR count). The van der Waals surface area contributed by atoms with Crippen molar-refractivity contribution in [2.75, 3.05) is 55.2 Å². The van der Waals surface area contributed by atoms with E-state index in [4.69, 9.17) is 4.42 Å². The van der Waals surface area contributed by atoms with E-state index in [1.165, 1.54) is 11.8 Å². The van der Waals surface area contributed by atoms with Crippen molar-refractivity contribution in [1.82, 2.24) is 14.8 Å². The molecule has 220 valence electrons. The molecule has 3 N–H and O–H groups in total. The molecule has 3 aliphatic rings. The van der Waals surface area contributed by atoms with E-state index in [1.54, 1.807) is 6.07 Å². The third-order valence-electron chi connectivity index (χ3n) is 8.27. The van der Waals surface area contributed by atoms with Crippen LogP contribution in [-0.2, 0) is 11.2 Å². The van der Waals surface area contributed by atoms with Gasteiger partial charge in [0.2, 0.25) is 5.91 Å². The summed E-state index contributed by atoms with van der Waals surface area (Å²) in [5.74, 6) is 0.691. The lowest BCUT2D eigenvalue weighted by Crippen LogP contribution is -2.39. The Hall–Kier alpha value is -4.34. The maximum absolute atomic E-state index is 13.5. The molecule has 3 aromatic rings. The lowest BCUT2D eigenvalue weighted by atomic mass is 9.96. The summed E-state index contributed by atoms with van der Waals surface area (Å²) in [6.45, 7) is 6.06. The Kier molecular flexibility index (Phi) is 8.12. The Morgan fingerprint density at radius 1 is 0.976 bits per heavy atom. The number of amides is 3. The van der Waals surface area contributed by atoms with Gasteiger partial charge in [-0.15, -0.1) is 0 Å². The van der Waals surface area contributed by atoms with E-state index in [0.29, 0.717) is 62.2 Å². The van der Waals surface area contributed by atoms with Gasteiger partial charge in [0, 0.05) is 62.9 Å². The molecule has 10 nitrogen and oxygen atoms in total. The van der Waals surface area contributed by atoms with Crippen molar-refractivity contribution in [2.24, 2.45) is 0 Å². The minimum Gasteiger partial charge on any atom is -0.448 e. The van der Waals surface area contributed by atoms with Crippen molar-refractivity contribution >= 4 is 34.8 Å². The number of rotatable bonds is 12. The van der Waals surface area contributed by atoms with Crippen molar-refractivity contribution < 1.29 is 18.8 Å². The molecule has 3 heterocycles. The first-order valence-corrected chi connectivity index (χ1v) is 15.0. The molecular formula is C32H38N6O4. The maximum atomic E-state index is 13.5. The summed E-state index contributed by atoms with van der Waals surface area (Å²) in [5, 5.41) is 9.88. The summed E-state index contributed by atoms with van der Waals surface area (Å²) in [6, 6.07) is 11.9. The molecule has 0 bridgehead atoms.